The number of hydrazine groups is 1. The second-order valence-electron chi connectivity index (χ2n) is 4.63. The van der Waals surface area contributed by atoms with Crippen LogP contribution in [0.5, 0.6) is 0 Å². The molecule has 3 nitrogen and oxygen atoms in total. The third kappa shape index (κ3) is 6.39. The number of unbranched alkanes of at least 4 members (excludes halogenated alkanes) is 4. The van der Waals surface area contributed by atoms with E-state index >= 15 is 0 Å². The number of aromatic nitrogens is 1. The molecule has 0 aliphatic heterocycles. The minimum absolute atomic E-state index is 0.388. The zero-order valence-electron chi connectivity index (χ0n) is 10.9. The van der Waals surface area contributed by atoms with Crippen LogP contribution in [0, 0.1) is 0 Å². The Kier molecular flexibility index (Phi) is 7.60. The highest BCUT2D eigenvalue weighted by Crippen LogP contribution is 2.10. The summed E-state index contributed by atoms with van der Waals surface area (Å²) in [6.45, 7) is 2.24. The smallest absolute Gasteiger partial charge is 0.0270 e. The molecule has 0 bridgehead atoms. The quantitative estimate of drug-likeness (QED) is 0.393. The third-order valence-corrected chi connectivity index (χ3v) is 3.12. The predicted octanol–water partition coefficient (Wildman–Crippen LogP) is 2.82. The first-order valence-electron chi connectivity index (χ1n) is 6.71. The van der Waals surface area contributed by atoms with Gasteiger partial charge in [-0.3, -0.25) is 16.3 Å². The molecule has 0 saturated heterocycles. The maximum Gasteiger partial charge on any atom is 0.0270 e. The van der Waals surface area contributed by atoms with Crippen LogP contribution >= 0.6 is 0 Å². The summed E-state index contributed by atoms with van der Waals surface area (Å²) in [4.78, 5) is 4.02. The first kappa shape index (κ1) is 14.1. The summed E-state index contributed by atoms with van der Waals surface area (Å²) in [6.07, 6.45) is 12.4. The minimum atomic E-state index is 0.388. The number of pyridine rings is 1. The van der Waals surface area contributed by atoms with Gasteiger partial charge in [-0.05, 0) is 30.5 Å². The van der Waals surface area contributed by atoms with E-state index in [0.29, 0.717) is 6.04 Å². The molecule has 1 rings (SSSR count). The van der Waals surface area contributed by atoms with E-state index in [4.69, 9.17) is 5.84 Å². The first-order chi connectivity index (χ1) is 8.36. The molecule has 0 fully saturated rings. The van der Waals surface area contributed by atoms with Gasteiger partial charge in [-0.25, -0.2) is 0 Å². The van der Waals surface area contributed by atoms with Crippen molar-refractivity contribution in [3.8, 4) is 0 Å². The van der Waals surface area contributed by atoms with E-state index < -0.39 is 0 Å². The molecule has 0 aliphatic carbocycles. The lowest BCUT2D eigenvalue weighted by molar-refractivity contribution is 0.461. The van der Waals surface area contributed by atoms with Gasteiger partial charge in [0.1, 0.15) is 0 Å². The normalized spacial score (nSPS) is 12.6. The topological polar surface area (TPSA) is 50.9 Å². The van der Waals surface area contributed by atoms with E-state index in [1.807, 2.05) is 12.4 Å². The van der Waals surface area contributed by atoms with Gasteiger partial charge in [0.2, 0.25) is 0 Å². The SMILES string of the molecule is CCCCCCCC(Cc1ccncc1)NN. The van der Waals surface area contributed by atoms with E-state index in [1.54, 1.807) is 0 Å². The highest BCUT2D eigenvalue weighted by Gasteiger charge is 2.06. The van der Waals surface area contributed by atoms with Crippen molar-refractivity contribution in [3.05, 3.63) is 30.1 Å². The average Bonchev–Trinajstić information content (AvgIpc) is 2.38. The second-order valence-corrected chi connectivity index (χ2v) is 4.63. The summed E-state index contributed by atoms with van der Waals surface area (Å²) >= 11 is 0. The average molecular weight is 235 g/mol. The molecule has 3 heteroatoms. The number of nitrogens with one attached hydrogen (secondary N) is 1. The number of hydrogen-bond donors (Lipinski definition) is 2. The Balaban J connectivity index is 2.20. The van der Waals surface area contributed by atoms with Crippen LogP contribution in [0.1, 0.15) is 51.0 Å². The second kappa shape index (κ2) is 9.14. The molecule has 3 N–H and O–H groups in total. The van der Waals surface area contributed by atoms with Gasteiger partial charge in [0, 0.05) is 18.4 Å². The van der Waals surface area contributed by atoms with Gasteiger partial charge in [0.15, 0.2) is 0 Å². The van der Waals surface area contributed by atoms with Crippen LogP contribution in [0.25, 0.3) is 0 Å². The molecule has 0 amide bonds. The summed E-state index contributed by atoms with van der Waals surface area (Å²) in [5.74, 6) is 5.60. The van der Waals surface area contributed by atoms with Crippen LogP contribution in [0.15, 0.2) is 24.5 Å². The summed E-state index contributed by atoms with van der Waals surface area (Å²) in [5, 5.41) is 0. The van der Waals surface area contributed by atoms with Crippen molar-refractivity contribution >= 4 is 0 Å². The van der Waals surface area contributed by atoms with Crippen LogP contribution in [0.2, 0.25) is 0 Å². The van der Waals surface area contributed by atoms with E-state index in [9.17, 15) is 0 Å². The number of nitrogens with zero attached hydrogens (tertiary/aromatic N) is 1. The third-order valence-electron chi connectivity index (χ3n) is 3.12. The number of rotatable bonds is 9. The Bertz CT molecular complexity index is 274. The van der Waals surface area contributed by atoms with Gasteiger partial charge in [-0.1, -0.05) is 39.0 Å². The fourth-order valence-corrected chi connectivity index (χ4v) is 2.04. The Labute approximate surface area is 105 Å². The van der Waals surface area contributed by atoms with Gasteiger partial charge in [-0.15, -0.1) is 0 Å². The van der Waals surface area contributed by atoms with Gasteiger partial charge < -0.3 is 0 Å². The van der Waals surface area contributed by atoms with E-state index in [-0.39, 0.29) is 0 Å². The molecular weight excluding hydrogens is 210 g/mol. The Hall–Kier alpha value is -0.930. The molecule has 17 heavy (non-hydrogen) atoms. The number of nitrogens with two attached hydrogens (primary N) is 1. The zero-order valence-corrected chi connectivity index (χ0v) is 10.9. The van der Waals surface area contributed by atoms with Gasteiger partial charge in [0.25, 0.3) is 0 Å². The monoisotopic (exact) mass is 235 g/mol. The van der Waals surface area contributed by atoms with Crippen molar-refractivity contribution < 1.29 is 0 Å². The summed E-state index contributed by atoms with van der Waals surface area (Å²) in [6, 6.07) is 4.50. The Morgan fingerprint density at radius 2 is 1.88 bits per heavy atom. The van der Waals surface area contributed by atoms with Crippen LogP contribution in [-0.4, -0.2) is 11.0 Å². The van der Waals surface area contributed by atoms with Crippen LogP contribution in [0.4, 0.5) is 0 Å². The first-order valence-corrected chi connectivity index (χ1v) is 6.71. The number of hydrogen-bond acceptors (Lipinski definition) is 3. The molecule has 0 radical (unpaired) electrons. The largest absolute Gasteiger partial charge is 0.271 e. The standard InChI is InChI=1S/C14H25N3/c1-2-3-4-5-6-7-14(17-15)12-13-8-10-16-11-9-13/h8-11,14,17H,2-7,12,15H2,1H3. The Morgan fingerprint density at radius 1 is 1.18 bits per heavy atom. The van der Waals surface area contributed by atoms with E-state index in [1.165, 1.54) is 37.7 Å². The zero-order chi connectivity index (χ0) is 12.3. The maximum atomic E-state index is 5.60. The molecular formula is C14H25N3. The van der Waals surface area contributed by atoms with E-state index in [2.05, 4.69) is 29.5 Å². The van der Waals surface area contributed by atoms with Crippen LogP contribution < -0.4 is 11.3 Å². The molecule has 1 heterocycles. The highest BCUT2D eigenvalue weighted by molar-refractivity contribution is 5.11. The van der Waals surface area contributed by atoms with Crippen LogP contribution in [-0.2, 0) is 6.42 Å². The van der Waals surface area contributed by atoms with Crippen molar-refractivity contribution in [3.63, 3.8) is 0 Å². The lowest BCUT2D eigenvalue weighted by Gasteiger charge is -2.15. The molecule has 1 atom stereocenters. The van der Waals surface area contributed by atoms with Gasteiger partial charge in [-0.2, -0.15) is 0 Å². The van der Waals surface area contributed by atoms with Crippen molar-refractivity contribution in [2.24, 2.45) is 5.84 Å². The Morgan fingerprint density at radius 3 is 2.53 bits per heavy atom. The molecule has 0 aliphatic rings. The van der Waals surface area contributed by atoms with Crippen LogP contribution in [0.3, 0.4) is 0 Å². The van der Waals surface area contributed by atoms with Gasteiger partial charge in [0.05, 0.1) is 0 Å². The molecule has 0 spiro atoms. The van der Waals surface area contributed by atoms with E-state index in [0.717, 1.165) is 12.8 Å². The summed E-state index contributed by atoms with van der Waals surface area (Å²) in [7, 11) is 0. The fourth-order valence-electron chi connectivity index (χ4n) is 2.04. The molecule has 0 saturated carbocycles. The van der Waals surface area contributed by atoms with Crippen molar-refractivity contribution in [1.82, 2.24) is 10.4 Å². The van der Waals surface area contributed by atoms with Crippen molar-refractivity contribution in [2.45, 2.75) is 57.9 Å². The van der Waals surface area contributed by atoms with Gasteiger partial charge >= 0.3 is 0 Å². The van der Waals surface area contributed by atoms with Crippen molar-refractivity contribution in [2.75, 3.05) is 0 Å². The fraction of sp³-hybridized carbons (Fsp3) is 0.643. The molecule has 1 aromatic rings. The maximum absolute atomic E-state index is 5.60. The lowest BCUT2D eigenvalue weighted by Crippen LogP contribution is -2.36. The lowest BCUT2D eigenvalue weighted by atomic mass is 10.0. The highest BCUT2D eigenvalue weighted by atomic mass is 15.2. The molecule has 96 valence electrons. The molecule has 1 aromatic heterocycles. The molecule has 0 aromatic carbocycles. The summed E-state index contributed by atoms with van der Waals surface area (Å²) < 4.78 is 0. The summed E-state index contributed by atoms with van der Waals surface area (Å²) in [5.41, 5.74) is 4.22. The van der Waals surface area contributed by atoms with Crippen molar-refractivity contribution in [1.29, 1.82) is 0 Å². The molecule has 1 unspecified atom stereocenters. The minimum Gasteiger partial charge on any atom is -0.271 e. The predicted molar refractivity (Wildman–Crippen MR) is 72.4 cm³/mol.